The van der Waals surface area contributed by atoms with Crippen LogP contribution < -0.4 is 5.32 Å². The van der Waals surface area contributed by atoms with E-state index in [4.69, 9.17) is 11.6 Å². The van der Waals surface area contributed by atoms with Crippen molar-refractivity contribution in [2.24, 2.45) is 0 Å². The van der Waals surface area contributed by atoms with Gasteiger partial charge in [0.05, 0.1) is 17.3 Å². The summed E-state index contributed by atoms with van der Waals surface area (Å²) in [5, 5.41) is 3.28. The summed E-state index contributed by atoms with van der Waals surface area (Å²) in [6, 6.07) is 5.46. The Balaban J connectivity index is 1.96. The van der Waals surface area contributed by atoms with Crippen LogP contribution >= 0.6 is 11.6 Å². The molecule has 0 aromatic heterocycles. The van der Waals surface area contributed by atoms with Crippen LogP contribution in [-0.2, 0) is 9.59 Å². The normalized spacial score (nSPS) is 15.9. The standard InChI is InChI=1S/C15H19ClN2O2/c1-11-6-7-13(12(16)9-11)17-14(19)10-18-8-4-2-3-5-15(18)20/h6-7,9H,2-5,8,10H2,1H3,(H,17,19). The largest absolute Gasteiger partial charge is 0.333 e. The van der Waals surface area contributed by atoms with Crippen molar-refractivity contribution in [2.45, 2.75) is 32.6 Å². The van der Waals surface area contributed by atoms with Crippen molar-refractivity contribution in [2.75, 3.05) is 18.4 Å². The van der Waals surface area contributed by atoms with Crippen molar-refractivity contribution in [1.29, 1.82) is 0 Å². The Bertz CT molecular complexity index is 517. The lowest BCUT2D eigenvalue weighted by atomic mass is 10.2. The number of rotatable bonds is 3. The number of halogens is 1. The number of carbonyl (C=O) groups excluding carboxylic acids is 2. The van der Waals surface area contributed by atoms with E-state index in [-0.39, 0.29) is 18.4 Å². The molecule has 1 saturated heterocycles. The SMILES string of the molecule is Cc1ccc(NC(=O)CN2CCCCCC2=O)c(Cl)c1. The molecule has 0 radical (unpaired) electrons. The zero-order valence-corrected chi connectivity index (χ0v) is 12.4. The number of carbonyl (C=O) groups is 2. The van der Waals surface area contributed by atoms with Crippen LogP contribution in [0.5, 0.6) is 0 Å². The van der Waals surface area contributed by atoms with Gasteiger partial charge >= 0.3 is 0 Å². The molecule has 5 heteroatoms. The predicted octanol–water partition coefficient (Wildman–Crippen LogP) is 2.99. The number of nitrogens with zero attached hydrogens (tertiary/aromatic N) is 1. The van der Waals surface area contributed by atoms with Crippen LogP contribution in [0.25, 0.3) is 0 Å². The number of hydrogen-bond acceptors (Lipinski definition) is 2. The maximum atomic E-state index is 12.0. The third-order valence-electron chi connectivity index (χ3n) is 3.40. The number of aryl methyl sites for hydroxylation is 1. The van der Waals surface area contributed by atoms with Crippen LogP contribution in [-0.4, -0.2) is 29.8 Å². The third kappa shape index (κ3) is 3.97. The van der Waals surface area contributed by atoms with Gasteiger partial charge in [-0.15, -0.1) is 0 Å². The number of amides is 2. The summed E-state index contributed by atoms with van der Waals surface area (Å²) in [5.74, 6) is -0.140. The molecule has 1 aliphatic heterocycles. The van der Waals surface area contributed by atoms with Crippen molar-refractivity contribution in [3.8, 4) is 0 Å². The van der Waals surface area contributed by atoms with E-state index >= 15 is 0 Å². The van der Waals surface area contributed by atoms with Crippen LogP contribution in [0.2, 0.25) is 5.02 Å². The fourth-order valence-electron chi connectivity index (χ4n) is 2.29. The van der Waals surface area contributed by atoms with Crippen LogP contribution in [0.1, 0.15) is 31.2 Å². The second-order valence-electron chi connectivity index (χ2n) is 5.16. The number of anilines is 1. The molecule has 0 atom stereocenters. The number of hydrogen-bond donors (Lipinski definition) is 1. The summed E-state index contributed by atoms with van der Waals surface area (Å²) in [7, 11) is 0. The lowest BCUT2D eigenvalue weighted by Crippen LogP contribution is -2.37. The molecule has 20 heavy (non-hydrogen) atoms. The Morgan fingerprint density at radius 2 is 2.15 bits per heavy atom. The monoisotopic (exact) mass is 294 g/mol. The first-order valence-corrected chi connectivity index (χ1v) is 7.28. The van der Waals surface area contributed by atoms with Gasteiger partial charge in [0, 0.05) is 13.0 Å². The van der Waals surface area contributed by atoms with Gasteiger partial charge in [-0.25, -0.2) is 0 Å². The van der Waals surface area contributed by atoms with Gasteiger partial charge in [-0.3, -0.25) is 9.59 Å². The molecule has 1 aromatic rings. The Morgan fingerprint density at radius 3 is 2.90 bits per heavy atom. The third-order valence-corrected chi connectivity index (χ3v) is 3.72. The Labute approximate surface area is 124 Å². The average Bonchev–Trinajstić information content (AvgIpc) is 2.59. The molecule has 1 fully saturated rings. The molecular weight excluding hydrogens is 276 g/mol. The van der Waals surface area contributed by atoms with Gasteiger partial charge in [0.2, 0.25) is 11.8 Å². The molecule has 4 nitrogen and oxygen atoms in total. The molecule has 2 rings (SSSR count). The quantitative estimate of drug-likeness (QED) is 0.931. The summed E-state index contributed by atoms with van der Waals surface area (Å²) in [4.78, 5) is 25.5. The van der Waals surface area contributed by atoms with Crippen molar-refractivity contribution in [3.63, 3.8) is 0 Å². The number of likely N-dealkylation sites (tertiary alicyclic amines) is 1. The van der Waals surface area contributed by atoms with Gasteiger partial charge in [0.15, 0.2) is 0 Å². The Morgan fingerprint density at radius 1 is 1.35 bits per heavy atom. The van der Waals surface area contributed by atoms with E-state index in [1.54, 1.807) is 17.0 Å². The number of benzene rings is 1. The molecule has 0 saturated carbocycles. The van der Waals surface area contributed by atoms with E-state index in [2.05, 4.69) is 5.32 Å². The molecule has 108 valence electrons. The van der Waals surface area contributed by atoms with E-state index in [0.29, 0.717) is 23.7 Å². The lowest BCUT2D eigenvalue weighted by molar-refractivity contribution is -0.134. The van der Waals surface area contributed by atoms with Crippen LogP contribution in [0, 0.1) is 6.92 Å². The minimum Gasteiger partial charge on any atom is -0.333 e. The van der Waals surface area contributed by atoms with Gasteiger partial charge in [0.1, 0.15) is 0 Å². The van der Waals surface area contributed by atoms with E-state index in [9.17, 15) is 9.59 Å². The first-order valence-electron chi connectivity index (χ1n) is 6.90. The fraction of sp³-hybridized carbons (Fsp3) is 0.467. The molecule has 0 aliphatic carbocycles. The van der Waals surface area contributed by atoms with Gasteiger partial charge in [-0.05, 0) is 37.5 Å². The minimum atomic E-state index is -0.203. The van der Waals surface area contributed by atoms with E-state index in [0.717, 1.165) is 24.8 Å². The Hall–Kier alpha value is -1.55. The molecule has 0 bridgehead atoms. The zero-order valence-electron chi connectivity index (χ0n) is 11.6. The summed E-state index contributed by atoms with van der Waals surface area (Å²) in [5.41, 5.74) is 1.63. The molecule has 1 N–H and O–H groups in total. The smallest absolute Gasteiger partial charge is 0.244 e. The second-order valence-corrected chi connectivity index (χ2v) is 5.56. The number of nitrogens with one attached hydrogen (secondary N) is 1. The minimum absolute atomic E-state index is 0.0626. The molecule has 1 aliphatic rings. The average molecular weight is 295 g/mol. The first-order chi connectivity index (χ1) is 9.56. The topological polar surface area (TPSA) is 49.4 Å². The maximum Gasteiger partial charge on any atom is 0.244 e. The highest BCUT2D eigenvalue weighted by Gasteiger charge is 2.19. The van der Waals surface area contributed by atoms with Crippen LogP contribution in [0.4, 0.5) is 5.69 Å². The van der Waals surface area contributed by atoms with Crippen molar-refractivity contribution < 1.29 is 9.59 Å². The van der Waals surface area contributed by atoms with Crippen LogP contribution in [0.3, 0.4) is 0 Å². The molecule has 2 amide bonds. The van der Waals surface area contributed by atoms with Crippen LogP contribution in [0.15, 0.2) is 18.2 Å². The van der Waals surface area contributed by atoms with E-state index in [1.165, 1.54) is 0 Å². The maximum absolute atomic E-state index is 12.0. The molecule has 0 unspecified atom stereocenters. The fourth-order valence-corrected chi connectivity index (χ4v) is 2.57. The van der Waals surface area contributed by atoms with E-state index in [1.807, 2.05) is 13.0 Å². The predicted molar refractivity (Wildman–Crippen MR) is 79.9 cm³/mol. The summed E-state index contributed by atoms with van der Waals surface area (Å²) in [6.45, 7) is 2.70. The van der Waals surface area contributed by atoms with Gasteiger partial charge in [0.25, 0.3) is 0 Å². The van der Waals surface area contributed by atoms with Crippen molar-refractivity contribution in [3.05, 3.63) is 28.8 Å². The molecule has 0 spiro atoms. The zero-order chi connectivity index (χ0) is 14.5. The van der Waals surface area contributed by atoms with Gasteiger partial charge in [-0.2, -0.15) is 0 Å². The summed E-state index contributed by atoms with van der Waals surface area (Å²) >= 11 is 6.08. The van der Waals surface area contributed by atoms with Crippen molar-refractivity contribution >= 4 is 29.1 Å². The highest BCUT2D eigenvalue weighted by molar-refractivity contribution is 6.33. The highest BCUT2D eigenvalue weighted by atomic mass is 35.5. The van der Waals surface area contributed by atoms with Gasteiger partial charge < -0.3 is 10.2 Å². The highest BCUT2D eigenvalue weighted by Crippen LogP contribution is 2.22. The Kier molecular flexibility index (Phi) is 5.01. The molecule has 1 aromatic carbocycles. The summed E-state index contributed by atoms with van der Waals surface area (Å²) in [6.07, 6.45) is 3.47. The van der Waals surface area contributed by atoms with Crippen molar-refractivity contribution in [1.82, 2.24) is 4.90 Å². The first kappa shape index (κ1) is 14.9. The molecular formula is C15H19ClN2O2. The lowest BCUT2D eigenvalue weighted by Gasteiger charge is -2.20. The van der Waals surface area contributed by atoms with E-state index < -0.39 is 0 Å². The second kappa shape index (κ2) is 6.75. The molecule has 1 heterocycles. The van der Waals surface area contributed by atoms with Gasteiger partial charge in [-0.1, -0.05) is 24.1 Å². The summed E-state index contributed by atoms with van der Waals surface area (Å²) < 4.78 is 0.